The maximum atomic E-state index is 12.4. The Morgan fingerprint density at radius 2 is 1.96 bits per heavy atom. The standard InChI is InChI=1S/C17H20N4OS/c1-5-20-8-7-13(19-20)16(22)18-17-21(6-2)14-9-11(3)12(4)10-15(14)23-17/h7-10H,5-6H2,1-4H3. The molecule has 6 heteroatoms. The second kappa shape index (κ2) is 6.12. The van der Waals surface area contributed by atoms with Crippen molar-refractivity contribution in [3.05, 3.63) is 46.0 Å². The first kappa shape index (κ1) is 15.7. The lowest BCUT2D eigenvalue weighted by Crippen LogP contribution is -2.16. The van der Waals surface area contributed by atoms with E-state index in [-0.39, 0.29) is 5.91 Å². The molecule has 0 aliphatic rings. The quantitative estimate of drug-likeness (QED) is 0.741. The van der Waals surface area contributed by atoms with Crippen molar-refractivity contribution in [3.8, 4) is 0 Å². The van der Waals surface area contributed by atoms with Gasteiger partial charge in [0.15, 0.2) is 10.5 Å². The van der Waals surface area contributed by atoms with Crippen molar-refractivity contribution in [2.24, 2.45) is 4.99 Å². The Labute approximate surface area is 138 Å². The van der Waals surface area contributed by atoms with Crippen molar-refractivity contribution < 1.29 is 4.79 Å². The predicted molar refractivity (Wildman–Crippen MR) is 92.8 cm³/mol. The molecule has 0 aliphatic carbocycles. The van der Waals surface area contributed by atoms with Crippen molar-refractivity contribution in [2.45, 2.75) is 40.8 Å². The fourth-order valence-electron chi connectivity index (χ4n) is 2.51. The van der Waals surface area contributed by atoms with Crippen LogP contribution in [0.1, 0.15) is 35.5 Å². The molecule has 2 aromatic heterocycles. The van der Waals surface area contributed by atoms with Crippen LogP contribution in [0.4, 0.5) is 0 Å². The van der Waals surface area contributed by atoms with Crippen molar-refractivity contribution in [2.75, 3.05) is 0 Å². The van der Waals surface area contributed by atoms with E-state index >= 15 is 0 Å². The van der Waals surface area contributed by atoms with Gasteiger partial charge in [0, 0.05) is 19.3 Å². The average Bonchev–Trinajstić information content (AvgIpc) is 3.12. The highest BCUT2D eigenvalue weighted by atomic mass is 32.1. The minimum absolute atomic E-state index is 0.292. The fourth-order valence-corrected chi connectivity index (χ4v) is 3.68. The molecule has 0 spiro atoms. The maximum Gasteiger partial charge on any atom is 0.300 e. The minimum atomic E-state index is -0.292. The number of rotatable bonds is 3. The summed E-state index contributed by atoms with van der Waals surface area (Å²) in [5.74, 6) is -0.292. The molecule has 5 nitrogen and oxygen atoms in total. The number of carbonyl (C=O) groups is 1. The predicted octanol–water partition coefficient (Wildman–Crippen LogP) is 3.30. The molecule has 0 aliphatic heterocycles. The van der Waals surface area contributed by atoms with Gasteiger partial charge in [-0.2, -0.15) is 10.1 Å². The molecule has 3 aromatic rings. The summed E-state index contributed by atoms with van der Waals surface area (Å²) in [4.78, 5) is 17.4. The Kier molecular flexibility index (Phi) is 4.17. The van der Waals surface area contributed by atoms with Gasteiger partial charge in [0.2, 0.25) is 0 Å². The number of benzene rings is 1. The summed E-state index contributed by atoms with van der Waals surface area (Å²) >= 11 is 1.55. The van der Waals surface area contributed by atoms with E-state index in [0.29, 0.717) is 5.69 Å². The number of aryl methyl sites for hydroxylation is 4. The molecule has 23 heavy (non-hydrogen) atoms. The highest BCUT2D eigenvalue weighted by molar-refractivity contribution is 7.16. The topological polar surface area (TPSA) is 52.2 Å². The van der Waals surface area contributed by atoms with E-state index in [9.17, 15) is 4.79 Å². The van der Waals surface area contributed by atoms with E-state index in [1.54, 1.807) is 28.3 Å². The van der Waals surface area contributed by atoms with Crippen LogP contribution in [0.25, 0.3) is 10.2 Å². The Balaban J connectivity index is 2.12. The molecule has 0 bridgehead atoms. The number of carbonyl (C=O) groups excluding carboxylic acids is 1. The van der Waals surface area contributed by atoms with Gasteiger partial charge in [-0.15, -0.1) is 0 Å². The van der Waals surface area contributed by atoms with Gasteiger partial charge in [-0.25, -0.2) is 0 Å². The zero-order valence-electron chi connectivity index (χ0n) is 13.8. The number of hydrogen-bond acceptors (Lipinski definition) is 3. The zero-order chi connectivity index (χ0) is 16.6. The molecule has 0 radical (unpaired) electrons. The number of thiazole rings is 1. The molecular formula is C17H20N4OS. The number of fused-ring (bicyclic) bond motifs is 1. The summed E-state index contributed by atoms with van der Waals surface area (Å²) in [7, 11) is 0. The number of nitrogens with zero attached hydrogens (tertiary/aromatic N) is 4. The first-order valence-corrected chi connectivity index (χ1v) is 8.58. The second-order valence-corrected chi connectivity index (χ2v) is 6.52. The SMILES string of the molecule is CCn1ccc(C(=O)N=c2sc3cc(C)c(C)cc3n2CC)n1. The Hall–Kier alpha value is -2.21. The third kappa shape index (κ3) is 2.86. The van der Waals surface area contributed by atoms with Crippen LogP contribution in [-0.2, 0) is 13.1 Å². The van der Waals surface area contributed by atoms with Crippen LogP contribution in [0.2, 0.25) is 0 Å². The van der Waals surface area contributed by atoms with Gasteiger partial charge in [-0.3, -0.25) is 9.48 Å². The van der Waals surface area contributed by atoms with Gasteiger partial charge in [0.25, 0.3) is 5.91 Å². The summed E-state index contributed by atoms with van der Waals surface area (Å²) in [5.41, 5.74) is 4.02. The summed E-state index contributed by atoms with van der Waals surface area (Å²) in [6.45, 7) is 9.77. The van der Waals surface area contributed by atoms with Crippen molar-refractivity contribution >= 4 is 27.5 Å². The Morgan fingerprint density at radius 1 is 1.22 bits per heavy atom. The fraction of sp³-hybridized carbons (Fsp3) is 0.353. The van der Waals surface area contributed by atoms with Crippen LogP contribution in [0.3, 0.4) is 0 Å². The number of hydrogen-bond donors (Lipinski definition) is 0. The molecule has 0 unspecified atom stereocenters. The first-order valence-electron chi connectivity index (χ1n) is 7.76. The van der Waals surface area contributed by atoms with Gasteiger partial charge in [0.05, 0.1) is 10.2 Å². The van der Waals surface area contributed by atoms with Crippen LogP contribution in [-0.4, -0.2) is 20.3 Å². The molecule has 0 N–H and O–H groups in total. The molecule has 2 heterocycles. The van der Waals surface area contributed by atoms with Gasteiger partial charge in [-0.1, -0.05) is 11.3 Å². The largest absolute Gasteiger partial charge is 0.317 e. The van der Waals surface area contributed by atoms with Gasteiger partial charge >= 0.3 is 0 Å². The van der Waals surface area contributed by atoms with Crippen LogP contribution in [0, 0.1) is 13.8 Å². The van der Waals surface area contributed by atoms with Gasteiger partial charge in [0.1, 0.15) is 0 Å². The van der Waals surface area contributed by atoms with E-state index in [0.717, 1.165) is 28.1 Å². The Morgan fingerprint density at radius 3 is 2.61 bits per heavy atom. The first-order chi connectivity index (χ1) is 11.0. The van der Waals surface area contributed by atoms with E-state index in [1.165, 1.54) is 11.1 Å². The molecule has 3 rings (SSSR count). The van der Waals surface area contributed by atoms with Crippen molar-refractivity contribution in [1.82, 2.24) is 14.3 Å². The lowest BCUT2D eigenvalue weighted by Gasteiger charge is -2.03. The van der Waals surface area contributed by atoms with E-state index in [4.69, 9.17) is 0 Å². The highest BCUT2D eigenvalue weighted by Gasteiger charge is 2.11. The molecule has 0 saturated heterocycles. The molecule has 120 valence electrons. The summed E-state index contributed by atoms with van der Waals surface area (Å²) in [5, 5.41) is 4.23. The van der Waals surface area contributed by atoms with Crippen molar-refractivity contribution in [3.63, 3.8) is 0 Å². The third-order valence-electron chi connectivity index (χ3n) is 4.00. The monoisotopic (exact) mass is 328 g/mol. The smallest absolute Gasteiger partial charge is 0.300 e. The number of amides is 1. The van der Waals surface area contributed by atoms with Crippen LogP contribution < -0.4 is 4.80 Å². The average molecular weight is 328 g/mol. The minimum Gasteiger partial charge on any atom is -0.317 e. The molecule has 1 aromatic carbocycles. The van der Waals surface area contributed by atoms with Gasteiger partial charge < -0.3 is 4.57 Å². The lowest BCUT2D eigenvalue weighted by molar-refractivity contribution is 0.0992. The van der Waals surface area contributed by atoms with E-state index in [2.05, 4.69) is 47.6 Å². The van der Waals surface area contributed by atoms with E-state index < -0.39 is 0 Å². The maximum absolute atomic E-state index is 12.4. The van der Waals surface area contributed by atoms with Gasteiger partial charge in [-0.05, 0) is 57.0 Å². The molecule has 0 saturated carbocycles. The molecular weight excluding hydrogens is 308 g/mol. The normalized spacial score (nSPS) is 12.3. The third-order valence-corrected chi connectivity index (χ3v) is 5.04. The Bertz CT molecular complexity index is 945. The van der Waals surface area contributed by atoms with Crippen LogP contribution in [0.5, 0.6) is 0 Å². The summed E-state index contributed by atoms with van der Waals surface area (Å²) in [6, 6.07) is 6.05. The van der Waals surface area contributed by atoms with Crippen LogP contribution >= 0.6 is 11.3 Å². The summed E-state index contributed by atoms with van der Waals surface area (Å²) < 4.78 is 4.97. The number of aromatic nitrogens is 3. The van der Waals surface area contributed by atoms with Crippen molar-refractivity contribution in [1.29, 1.82) is 0 Å². The molecule has 0 atom stereocenters. The molecule has 0 fully saturated rings. The van der Waals surface area contributed by atoms with E-state index in [1.807, 2.05) is 6.92 Å². The lowest BCUT2D eigenvalue weighted by atomic mass is 10.1. The highest BCUT2D eigenvalue weighted by Crippen LogP contribution is 2.22. The zero-order valence-corrected chi connectivity index (χ0v) is 14.6. The second-order valence-electron chi connectivity index (χ2n) is 5.51. The van der Waals surface area contributed by atoms with Crippen LogP contribution in [0.15, 0.2) is 29.4 Å². The molecule has 1 amide bonds. The summed E-state index contributed by atoms with van der Waals surface area (Å²) in [6.07, 6.45) is 1.80.